The van der Waals surface area contributed by atoms with Crippen LogP contribution in [0.2, 0.25) is 0 Å². The molecule has 23 heteroatoms. The third-order valence-electron chi connectivity index (χ3n) is 14.3. The molecule has 0 aromatic heterocycles. The molecule has 412 valence electrons. The fourth-order valence-corrected chi connectivity index (χ4v) is 10.6. The molecule has 2 spiro atoms. The highest BCUT2D eigenvalue weighted by atomic mass is 19.2. The Morgan fingerprint density at radius 1 is 0.636 bits per heavy atom. The van der Waals surface area contributed by atoms with Crippen molar-refractivity contribution < 1.29 is 70.5 Å². The van der Waals surface area contributed by atoms with Crippen LogP contribution in [0.25, 0.3) is 0 Å². The van der Waals surface area contributed by atoms with E-state index in [1.807, 2.05) is 6.92 Å². The molecule has 4 fully saturated rings. The van der Waals surface area contributed by atoms with Crippen molar-refractivity contribution in [1.82, 2.24) is 30.7 Å². The molecule has 0 bridgehead atoms. The summed E-state index contributed by atoms with van der Waals surface area (Å²) >= 11 is 0. The topological polar surface area (TPSA) is 245 Å². The summed E-state index contributed by atoms with van der Waals surface area (Å²) in [5, 5.41) is 22.3. The lowest BCUT2D eigenvalue weighted by Crippen LogP contribution is -2.46. The number of carbonyl (C=O) groups excluding carboxylic acids is 7. The first kappa shape index (κ1) is 58.2. The van der Waals surface area contributed by atoms with Gasteiger partial charge in [0.15, 0.2) is 23.3 Å². The number of amides is 9. The van der Waals surface area contributed by atoms with Gasteiger partial charge in [-0.3, -0.25) is 19.2 Å². The van der Waals surface area contributed by atoms with Crippen LogP contribution >= 0.6 is 0 Å². The van der Waals surface area contributed by atoms with E-state index in [4.69, 9.17) is 14.6 Å². The Labute approximate surface area is 442 Å². The lowest BCUT2D eigenvalue weighted by Gasteiger charge is -2.30. The van der Waals surface area contributed by atoms with E-state index in [1.165, 1.54) is 37.2 Å². The minimum Gasteiger partial charge on any atom is -0.480 e. The van der Waals surface area contributed by atoms with Gasteiger partial charge in [0.1, 0.15) is 13.1 Å². The van der Waals surface area contributed by atoms with Crippen molar-refractivity contribution in [2.24, 2.45) is 0 Å². The van der Waals surface area contributed by atoms with Gasteiger partial charge in [0.05, 0.1) is 6.04 Å². The summed E-state index contributed by atoms with van der Waals surface area (Å²) in [6.45, 7) is 2.68. The molecule has 0 unspecified atom stereocenters. The van der Waals surface area contributed by atoms with Gasteiger partial charge in [-0.25, -0.2) is 46.5 Å². The molecule has 4 heterocycles. The summed E-state index contributed by atoms with van der Waals surface area (Å²) in [5.74, 6) is -6.57. The quantitative estimate of drug-likeness (QED) is 0.0913. The number of rotatable bonds is 8. The standard InChI is InChI=1S/C26H26F2N4O5.C15H15N3O6.C11H13F2N.2CH4/c1-14-3-8-21(16-4-7-19(27)20(28)12-16)32(14)22(33)13-31-23(34)26(37-25(31)36)10-9-15-11-17(5-6-18(15)26)30-24(35)29-2;1-16-13(22)17-9-2-3-10-8(6-9)4-5-15(10)12(21)18(7-11(19)20)14(23)24-15;1-7-2-5-11(14-7)8-3-4-9(12)10(13)6-8;;/h4-7,11-12,14,21H,3,8-10,13H2,1-2H3,(H2,29,30,35);2-3,6H,4-5,7H2,1H3,(H,19,20)(H2,16,17,22);3-4,6-7,11,14H,2,5H2,1H3;2*1H4/t14-,21-,26+;15-;7-,11-;;/m010../s1. The zero-order chi connectivity index (χ0) is 54.1. The van der Waals surface area contributed by atoms with Gasteiger partial charge in [0, 0.05) is 67.6 Å². The molecule has 4 aromatic carbocycles. The van der Waals surface area contributed by atoms with E-state index in [1.54, 1.807) is 42.5 Å². The number of carboxylic acid groups (broad SMARTS) is 1. The number of halogens is 4. The highest BCUT2D eigenvalue weighted by molar-refractivity contribution is 6.07. The predicted molar refractivity (Wildman–Crippen MR) is 272 cm³/mol. The van der Waals surface area contributed by atoms with Crippen molar-refractivity contribution in [1.29, 1.82) is 0 Å². The van der Waals surface area contributed by atoms with Crippen LogP contribution < -0.4 is 26.6 Å². The molecule has 77 heavy (non-hydrogen) atoms. The van der Waals surface area contributed by atoms with Crippen LogP contribution in [0.3, 0.4) is 0 Å². The highest BCUT2D eigenvalue weighted by Crippen LogP contribution is 2.48. The summed E-state index contributed by atoms with van der Waals surface area (Å²) in [6.07, 6.45) is 2.77. The molecule has 4 aliphatic heterocycles. The minimum absolute atomic E-state index is 0. The van der Waals surface area contributed by atoms with Crippen LogP contribution in [0.5, 0.6) is 0 Å². The molecule has 0 radical (unpaired) electrons. The number of fused-ring (bicyclic) bond motifs is 4. The number of benzene rings is 4. The van der Waals surface area contributed by atoms with Crippen LogP contribution in [0.4, 0.5) is 48.1 Å². The molecule has 6 aliphatic rings. The lowest BCUT2D eigenvalue weighted by atomic mass is 9.94. The van der Waals surface area contributed by atoms with E-state index < -0.39 is 95.5 Å². The molecule has 9 amide bonds. The molecule has 0 saturated carbocycles. The van der Waals surface area contributed by atoms with Gasteiger partial charge in [-0.2, -0.15) is 0 Å². The average Bonchev–Trinajstić information content (AvgIpc) is 4.33. The van der Waals surface area contributed by atoms with E-state index in [0.29, 0.717) is 64.7 Å². The number of anilines is 2. The second kappa shape index (κ2) is 23.4. The SMILES string of the molecule is C.C.CNC(=O)Nc1ccc2c(c1)CC[C@@]21OC(=O)N(CC(=O)N2[C@@H](C)CC[C@H]2c2ccc(F)c(F)c2)C1=O.CNC(=O)Nc1ccc2c(c1)CC[C@@]21OC(=O)N(CC(=O)O)C1=O.C[C@H]1CC[C@@H](c2ccc(F)c(F)c2)N1. The van der Waals surface area contributed by atoms with E-state index >= 15 is 0 Å². The summed E-state index contributed by atoms with van der Waals surface area (Å²) < 4.78 is 63.8. The monoisotopic (exact) mass is 1070 g/mol. The van der Waals surface area contributed by atoms with E-state index in [9.17, 15) is 55.9 Å². The molecule has 19 nitrogen and oxygen atoms in total. The molecular formula is C54H62F4N8O11. The second-order valence-corrected chi connectivity index (χ2v) is 19.0. The Balaban J connectivity index is 0.000000205. The Kier molecular flexibility index (Phi) is 17.7. The first-order valence-corrected chi connectivity index (χ1v) is 24.2. The summed E-state index contributed by atoms with van der Waals surface area (Å²) in [4.78, 5) is 101. The van der Waals surface area contributed by atoms with Crippen LogP contribution in [-0.2, 0) is 52.7 Å². The third-order valence-corrected chi connectivity index (χ3v) is 14.3. The number of urea groups is 2. The average molecular weight is 1080 g/mol. The Morgan fingerprint density at radius 3 is 1.57 bits per heavy atom. The molecule has 2 aliphatic carbocycles. The van der Waals surface area contributed by atoms with E-state index in [0.717, 1.165) is 46.6 Å². The number of aryl methyl sites for hydroxylation is 2. The molecule has 6 atom stereocenters. The molecular weight excluding hydrogens is 1010 g/mol. The lowest BCUT2D eigenvalue weighted by molar-refractivity contribution is -0.144. The Bertz CT molecular complexity index is 3000. The smallest absolute Gasteiger partial charge is 0.418 e. The van der Waals surface area contributed by atoms with Crippen LogP contribution in [0.15, 0.2) is 72.8 Å². The summed E-state index contributed by atoms with van der Waals surface area (Å²) in [5.41, 5.74) is 1.96. The van der Waals surface area contributed by atoms with Gasteiger partial charge in [0.25, 0.3) is 11.8 Å². The molecule has 4 saturated heterocycles. The van der Waals surface area contributed by atoms with Crippen molar-refractivity contribution in [3.63, 3.8) is 0 Å². The van der Waals surface area contributed by atoms with Crippen molar-refractivity contribution >= 4 is 59.3 Å². The maximum Gasteiger partial charge on any atom is 0.418 e. The molecule has 4 aromatic rings. The highest BCUT2D eigenvalue weighted by Gasteiger charge is 2.60. The van der Waals surface area contributed by atoms with E-state index in [2.05, 4.69) is 33.5 Å². The maximum atomic E-state index is 13.9. The first-order valence-electron chi connectivity index (χ1n) is 24.2. The van der Waals surface area contributed by atoms with Crippen molar-refractivity contribution in [2.45, 2.75) is 115 Å². The van der Waals surface area contributed by atoms with Gasteiger partial charge >= 0.3 is 30.2 Å². The van der Waals surface area contributed by atoms with Crippen molar-refractivity contribution in [3.8, 4) is 0 Å². The minimum atomic E-state index is -1.52. The van der Waals surface area contributed by atoms with Gasteiger partial charge in [0.2, 0.25) is 17.1 Å². The number of nitrogens with one attached hydrogen (secondary N) is 5. The number of carbonyl (C=O) groups is 8. The number of hydrogen-bond acceptors (Lipinski definition) is 11. The second-order valence-electron chi connectivity index (χ2n) is 19.0. The zero-order valence-electron chi connectivity index (χ0n) is 41.2. The van der Waals surface area contributed by atoms with Gasteiger partial charge in [-0.1, -0.05) is 39.1 Å². The van der Waals surface area contributed by atoms with Gasteiger partial charge in [-0.05, 0) is 123 Å². The van der Waals surface area contributed by atoms with Crippen molar-refractivity contribution in [2.75, 3.05) is 37.8 Å². The predicted octanol–water partition coefficient (Wildman–Crippen LogP) is 8.28. The van der Waals surface area contributed by atoms with Crippen LogP contribution in [0.1, 0.15) is 113 Å². The zero-order valence-corrected chi connectivity index (χ0v) is 41.2. The van der Waals surface area contributed by atoms with Crippen molar-refractivity contribution in [3.05, 3.63) is 129 Å². The number of carboxylic acids is 1. The normalized spacial score (nSPS) is 23.4. The van der Waals surface area contributed by atoms with Gasteiger partial charge < -0.3 is 46.1 Å². The number of imide groups is 2. The van der Waals surface area contributed by atoms with Crippen LogP contribution in [0, 0.1) is 23.3 Å². The largest absolute Gasteiger partial charge is 0.480 e. The Hall–Kier alpha value is -8.08. The fourth-order valence-electron chi connectivity index (χ4n) is 10.6. The number of aliphatic carboxylic acids is 1. The molecule has 10 rings (SSSR count). The fraction of sp³-hybridized carbons (Fsp3) is 0.407. The van der Waals surface area contributed by atoms with Crippen LogP contribution in [-0.4, -0.2) is 107 Å². The van der Waals surface area contributed by atoms with Gasteiger partial charge in [-0.15, -0.1) is 0 Å². The van der Waals surface area contributed by atoms with E-state index in [-0.39, 0.29) is 45.8 Å². The number of likely N-dealkylation sites (tertiary alicyclic amines) is 1. The number of hydrogen-bond donors (Lipinski definition) is 6. The Morgan fingerprint density at radius 2 is 1.12 bits per heavy atom. The number of nitrogens with zero attached hydrogens (tertiary/aromatic N) is 3. The molecule has 6 N–H and O–H groups in total. The third kappa shape index (κ3) is 11.5. The number of ether oxygens (including phenoxy) is 2. The summed E-state index contributed by atoms with van der Waals surface area (Å²) in [6, 6.07) is 16.7. The summed E-state index contributed by atoms with van der Waals surface area (Å²) in [7, 11) is 2.98. The first-order chi connectivity index (χ1) is 35.7. The maximum absolute atomic E-state index is 13.9.